The van der Waals surface area contributed by atoms with Gasteiger partial charge in [-0.1, -0.05) is 19.3 Å². The maximum absolute atomic E-state index is 13.6. The minimum atomic E-state index is -0.723. The number of likely N-dealkylation sites (tertiary alicyclic amines) is 1. The van der Waals surface area contributed by atoms with Gasteiger partial charge in [-0.3, -0.25) is 0 Å². The lowest BCUT2D eigenvalue weighted by atomic mass is 9.84. The summed E-state index contributed by atoms with van der Waals surface area (Å²) in [5, 5.41) is 22.5. The highest BCUT2D eigenvalue weighted by Gasteiger charge is 2.28. The second-order valence-electron chi connectivity index (χ2n) is 7.76. The number of hydrogen-bond acceptors (Lipinski definition) is 3. The molecule has 144 valence electrons. The van der Waals surface area contributed by atoms with Gasteiger partial charge in [0.05, 0.1) is 0 Å². The molecule has 26 heavy (non-hydrogen) atoms. The van der Waals surface area contributed by atoms with Crippen molar-refractivity contribution in [2.24, 2.45) is 5.92 Å². The number of aromatic hydroxyl groups is 2. The monoisotopic (exact) mass is 364 g/mol. The topological polar surface area (TPSA) is 72.8 Å². The Morgan fingerprint density at radius 1 is 1.12 bits per heavy atom. The molecule has 1 aliphatic carbocycles. The van der Waals surface area contributed by atoms with Crippen LogP contribution in [-0.4, -0.2) is 40.3 Å². The SMILES string of the molecule is C[C@H](NC(=O)N1CCC(c2cc(F)c(O)cc2O)CC1)C1CCCCC1. The summed E-state index contributed by atoms with van der Waals surface area (Å²) in [7, 11) is 0. The van der Waals surface area contributed by atoms with Crippen LogP contribution in [0, 0.1) is 11.7 Å². The molecule has 3 rings (SSSR count). The number of rotatable bonds is 3. The Labute approximate surface area is 154 Å². The number of nitrogens with zero attached hydrogens (tertiary/aromatic N) is 1. The van der Waals surface area contributed by atoms with Gasteiger partial charge in [0.2, 0.25) is 0 Å². The van der Waals surface area contributed by atoms with Gasteiger partial charge in [0.15, 0.2) is 11.6 Å². The van der Waals surface area contributed by atoms with Crippen LogP contribution in [0.1, 0.15) is 63.4 Å². The summed E-state index contributed by atoms with van der Waals surface area (Å²) in [6, 6.07) is 2.42. The molecule has 1 saturated carbocycles. The van der Waals surface area contributed by atoms with Gasteiger partial charge < -0.3 is 20.4 Å². The summed E-state index contributed by atoms with van der Waals surface area (Å²) in [4.78, 5) is 14.3. The number of carbonyl (C=O) groups is 1. The molecule has 1 aromatic carbocycles. The number of phenols is 2. The minimum absolute atomic E-state index is 0.00934. The molecule has 6 heteroatoms. The van der Waals surface area contributed by atoms with Crippen molar-refractivity contribution >= 4 is 6.03 Å². The third kappa shape index (κ3) is 4.22. The Kier molecular flexibility index (Phi) is 5.89. The fourth-order valence-electron chi connectivity index (χ4n) is 4.32. The molecule has 5 nitrogen and oxygen atoms in total. The summed E-state index contributed by atoms with van der Waals surface area (Å²) in [6.45, 7) is 3.25. The molecule has 3 N–H and O–H groups in total. The molecule has 2 aliphatic rings. The second-order valence-corrected chi connectivity index (χ2v) is 7.76. The van der Waals surface area contributed by atoms with Gasteiger partial charge in [0.1, 0.15) is 5.75 Å². The van der Waals surface area contributed by atoms with Gasteiger partial charge in [-0.2, -0.15) is 0 Å². The van der Waals surface area contributed by atoms with Crippen molar-refractivity contribution in [2.45, 2.75) is 63.8 Å². The molecule has 1 saturated heterocycles. The number of urea groups is 1. The van der Waals surface area contributed by atoms with E-state index in [-0.39, 0.29) is 23.7 Å². The molecule has 0 aromatic heterocycles. The van der Waals surface area contributed by atoms with E-state index in [4.69, 9.17) is 0 Å². The number of nitrogens with one attached hydrogen (secondary N) is 1. The number of carbonyl (C=O) groups excluding carboxylic acids is 1. The summed E-state index contributed by atoms with van der Waals surface area (Å²) >= 11 is 0. The van der Waals surface area contributed by atoms with Crippen LogP contribution in [0.5, 0.6) is 11.5 Å². The van der Waals surface area contributed by atoms with Gasteiger partial charge in [-0.25, -0.2) is 9.18 Å². The Balaban J connectivity index is 1.53. The fourth-order valence-corrected chi connectivity index (χ4v) is 4.32. The normalized spacial score (nSPS) is 20.8. The van der Waals surface area contributed by atoms with Crippen LogP contribution in [0.3, 0.4) is 0 Å². The summed E-state index contributed by atoms with van der Waals surface area (Å²) in [5.41, 5.74) is 0.510. The van der Waals surface area contributed by atoms with E-state index in [0.717, 1.165) is 6.07 Å². The van der Waals surface area contributed by atoms with Crippen molar-refractivity contribution in [3.63, 3.8) is 0 Å². The lowest BCUT2D eigenvalue weighted by Gasteiger charge is -2.35. The van der Waals surface area contributed by atoms with Crippen LogP contribution < -0.4 is 5.32 Å². The smallest absolute Gasteiger partial charge is 0.317 e. The first kappa shape index (κ1) is 18.8. The van der Waals surface area contributed by atoms with E-state index in [9.17, 15) is 19.4 Å². The third-order valence-corrected chi connectivity index (χ3v) is 6.03. The molecule has 1 atom stereocenters. The molecular weight excluding hydrogens is 335 g/mol. The molecule has 0 bridgehead atoms. The first-order valence-corrected chi connectivity index (χ1v) is 9.72. The lowest BCUT2D eigenvalue weighted by Crippen LogP contribution is -2.49. The minimum Gasteiger partial charge on any atom is -0.508 e. The van der Waals surface area contributed by atoms with Crippen molar-refractivity contribution < 1.29 is 19.4 Å². The first-order valence-electron chi connectivity index (χ1n) is 9.72. The average Bonchev–Trinajstić information content (AvgIpc) is 2.65. The Morgan fingerprint density at radius 2 is 1.77 bits per heavy atom. The van der Waals surface area contributed by atoms with E-state index in [0.29, 0.717) is 37.4 Å². The summed E-state index contributed by atoms with van der Waals surface area (Å²) in [6.07, 6.45) is 7.53. The van der Waals surface area contributed by atoms with Crippen LogP contribution in [0.2, 0.25) is 0 Å². The predicted molar refractivity (Wildman–Crippen MR) is 97.8 cm³/mol. The molecule has 2 fully saturated rings. The summed E-state index contributed by atoms with van der Waals surface area (Å²) in [5.74, 6) is -0.788. The number of hydrogen-bond donors (Lipinski definition) is 3. The number of halogens is 1. The van der Waals surface area contributed by atoms with E-state index >= 15 is 0 Å². The third-order valence-electron chi connectivity index (χ3n) is 6.03. The maximum Gasteiger partial charge on any atom is 0.317 e. The molecule has 1 aliphatic heterocycles. The standard InChI is InChI=1S/C20H29FN2O3/c1-13(14-5-3-2-4-6-14)22-20(26)23-9-7-15(8-10-23)16-11-17(21)19(25)12-18(16)24/h11-15,24-25H,2-10H2,1H3,(H,22,26)/t13-/m0/s1. The Morgan fingerprint density at radius 3 is 2.42 bits per heavy atom. The highest BCUT2D eigenvalue weighted by molar-refractivity contribution is 5.74. The van der Waals surface area contributed by atoms with Gasteiger partial charge in [0.25, 0.3) is 0 Å². The van der Waals surface area contributed by atoms with Crippen molar-refractivity contribution in [2.75, 3.05) is 13.1 Å². The highest BCUT2D eigenvalue weighted by atomic mass is 19.1. The van der Waals surface area contributed by atoms with E-state index in [1.165, 1.54) is 38.2 Å². The van der Waals surface area contributed by atoms with E-state index < -0.39 is 11.6 Å². The zero-order chi connectivity index (χ0) is 18.7. The van der Waals surface area contributed by atoms with Crippen LogP contribution >= 0.6 is 0 Å². The van der Waals surface area contributed by atoms with Crippen LogP contribution in [0.15, 0.2) is 12.1 Å². The van der Waals surface area contributed by atoms with Gasteiger partial charge in [-0.05, 0) is 50.5 Å². The summed E-state index contributed by atoms with van der Waals surface area (Å²) < 4.78 is 13.6. The van der Waals surface area contributed by atoms with Gasteiger partial charge >= 0.3 is 6.03 Å². The van der Waals surface area contributed by atoms with Gasteiger partial charge in [0, 0.05) is 30.8 Å². The molecule has 0 radical (unpaired) electrons. The van der Waals surface area contributed by atoms with Crippen molar-refractivity contribution in [1.29, 1.82) is 0 Å². The predicted octanol–water partition coefficient (Wildman–Crippen LogP) is 4.09. The number of benzene rings is 1. The van der Waals surface area contributed by atoms with E-state index in [1.54, 1.807) is 0 Å². The van der Waals surface area contributed by atoms with Crippen LogP contribution in [-0.2, 0) is 0 Å². The fraction of sp³-hybridized carbons (Fsp3) is 0.650. The zero-order valence-corrected chi connectivity index (χ0v) is 15.4. The molecule has 2 amide bonds. The maximum atomic E-state index is 13.6. The molecule has 1 heterocycles. The van der Waals surface area contributed by atoms with Crippen molar-refractivity contribution in [3.05, 3.63) is 23.5 Å². The molecule has 1 aromatic rings. The van der Waals surface area contributed by atoms with Crippen molar-refractivity contribution in [1.82, 2.24) is 10.2 Å². The molecule has 0 spiro atoms. The Hall–Kier alpha value is -1.98. The van der Waals surface area contributed by atoms with Crippen LogP contribution in [0.25, 0.3) is 0 Å². The quantitative estimate of drug-likeness (QED) is 0.756. The largest absolute Gasteiger partial charge is 0.508 e. The second kappa shape index (κ2) is 8.14. The Bertz CT molecular complexity index is 638. The molecular formula is C20H29FN2O3. The number of piperidine rings is 1. The van der Waals surface area contributed by atoms with Gasteiger partial charge in [-0.15, -0.1) is 0 Å². The van der Waals surface area contributed by atoms with E-state index in [1.807, 2.05) is 4.90 Å². The molecule has 0 unspecified atom stereocenters. The van der Waals surface area contributed by atoms with Crippen molar-refractivity contribution in [3.8, 4) is 11.5 Å². The average molecular weight is 364 g/mol. The first-order chi connectivity index (χ1) is 12.5. The highest BCUT2D eigenvalue weighted by Crippen LogP contribution is 2.37. The number of phenolic OH excluding ortho intramolecular Hbond substituents is 2. The van der Waals surface area contributed by atoms with Crippen LogP contribution in [0.4, 0.5) is 9.18 Å². The van der Waals surface area contributed by atoms with E-state index in [2.05, 4.69) is 12.2 Å². The number of amides is 2. The zero-order valence-electron chi connectivity index (χ0n) is 15.4. The lowest BCUT2D eigenvalue weighted by molar-refractivity contribution is 0.170.